The van der Waals surface area contributed by atoms with Crippen LogP contribution in [0.2, 0.25) is 0 Å². The minimum Gasteiger partial charge on any atom is -0.452 e. The van der Waals surface area contributed by atoms with Crippen LogP contribution in [0.4, 0.5) is 5.69 Å². The van der Waals surface area contributed by atoms with Gasteiger partial charge in [-0.25, -0.2) is 8.42 Å². The molecular weight excluding hydrogens is 500 g/mol. The highest BCUT2D eigenvalue weighted by Crippen LogP contribution is 2.24. The number of morpholine rings is 1. The van der Waals surface area contributed by atoms with Crippen molar-refractivity contribution in [2.75, 3.05) is 31.6 Å². The summed E-state index contributed by atoms with van der Waals surface area (Å²) in [6.07, 6.45) is -1.00. The first-order chi connectivity index (χ1) is 15.2. The fraction of sp³-hybridized carbons (Fsp3) is 0.364. The predicted octanol–water partition coefficient (Wildman–Crippen LogP) is 2.89. The molecule has 2 aromatic rings. The Labute approximate surface area is 196 Å². The highest BCUT2D eigenvalue weighted by Gasteiger charge is 2.28. The van der Waals surface area contributed by atoms with Crippen LogP contribution < -0.4 is 5.32 Å². The number of anilines is 1. The zero-order chi connectivity index (χ0) is 23.3. The lowest BCUT2D eigenvalue weighted by Crippen LogP contribution is -2.40. The number of aryl methyl sites for hydroxylation is 1. The molecule has 0 radical (unpaired) electrons. The third-order valence-corrected chi connectivity index (χ3v) is 7.55. The fourth-order valence-electron chi connectivity index (χ4n) is 3.19. The van der Waals surface area contributed by atoms with Gasteiger partial charge in [0.2, 0.25) is 10.0 Å². The van der Waals surface area contributed by atoms with Gasteiger partial charge in [0.25, 0.3) is 5.91 Å². The number of carbonyl (C=O) groups is 2. The number of carbonyl (C=O) groups excluding carboxylic acids is 2. The summed E-state index contributed by atoms with van der Waals surface area (Å²) in [7, 11) is -3.71. The summed E-state index contributed by atoms with van der Waals surface area (Å²) in [5.41, 5.74) is 1.65. The van der Waals surface area contributed by atoms with Gasteiger partial charge >= 0.3 is 5.97 Å². The molecular formula is C22H25BrN2O6S. The third-order valence-electron chi connectivity index (χ3n) is 4.98. The smallest absolute Gasteiger partial charge is 0.311 e. The molecule has 1 amide bonds. The van der Waals surface area contributed by atoms with E-state index in [1.54, 1.807) is 31.2 Å². The lowest BCUT2D eigenvalue weighted by molar-refractivity contribution is -0.152. The number of nitrogens with zero attached hydrogens (tertiary/aromatic N) is 1. The number of hydrogen-bond acceptors (Lipinski definition) is 6. The summed E-state index contributed by atoms with van der Waals surface area (Å²) < 4.78 is 38.7. The first-order valence-corrected chi connectivity index (χ1v) is 12.3. The second kappa shape index (κ2) is 10.6. The molecule has 32 heavy (non-hydrogen) atoms. The molecule has 0 saturated carbocycles. The van der Waals surface area contributed by atoms with Gasteiger partial charge < -0.3 is 14.8 Å². The standard InChI is InChI=1S/C22H25BrN2O6S/c1-15-3-8-19(14-20(15)32(28,29)25-9-11-30-12-10-25)24-22(27)16(2)31-21(26)13-17-4-6-18(23)7-5-17/h3-8,14,16H,9-13H2,1-2H3,(H,24,27)/t16-/m0/s1. The van der Waals surface area contributed by atoms with Crippen molar-refractivity contribution >= 4 is 43.5 Å². The largest absolute Gasteiger partial charge is 0.452 e. The Balaban J connectivity index is 1.64. The molecule has 3 rings (SSSR count). The number of sulfonamides is 1. The third kappa shape index (κ3) is 6.16. The van der Waals surface area contributed by atoms with Crippen molar-refractivity contribution in [3.8, 4) is 0 Å². The Morgan fingerprint density at radius 1 is 1.16 bits per heavy atom. The summed E-state index contributed by atoms with van der Waals surface area (Å²) in [5, 5.41) is 2.63. The molecule has 1 fully saturated rings. The van der Waals surface area contributed by atoms with Crippen molar-refractivity contribution in [3.63, 3.8) is 0 Å². The van der Waals surface area contributed by atoms with Gasteiger partial charge in [-0.2, -0.15) is 4.31 Å². The van der Waals surface area contributed by atoms with E-state index in [0.29, 0.717) is 24.5 Å². The van der Waals surface area contributed by atoms with E-state index in [-0.39, 0.29) is 24.4 Å². The van der Waals surface area contributed by atoms with E-state index in [4.69, 9.17) is 9.47 Å². The topological polar surface area (TPSA) is 102 Å². The van der Waals surface area contributed by atoms with Crippen molar-refractivity contribution in [2.45, 2.75) is 31.3 Å². The monoisotopic (exact) mass is 524 g/mol. The zero-order valence-electron chi connectivity index (χ0n) is 17.8. The van der Waals surface area contributed by atoms with E-state index in [0.717, 1.165) is 10.0 Å². The van der Waals surface area contributed by atoms with Crippen molar-refractivity contribution < 1.29 is 27.5 Å². The number of benzene rings is 2. The molecule has 1 heterocycles. The summed E-state index contributed by atoms with van der Waals surface area (Å²) in [6, 6.07) is 11.9. The fourth-order valence-corrected chi connectivity index (χ4v) is 5.11. The van der Waals surface area contributed by atoms with E-state index in [1.165, 1.54) is 17.3 Å². The molecule has 172 valence electrons. The number of esters is 1. The molecule has 8 nitrogen and oxygen atoms in total. The summed E-state index contributed by atoms with van der Waals surface area (Å²) >= 11 is 3.33. The molecule has 0 unspecified atom stereocenters. The number of nitrogens with one attached hydrogen (secondary N) is 1. The number of amides is 1. The first kappa shape index (κ1) is 24.4. The molecule has 0 aliphatic carbocycles. The maximum Gasteiger partial charge on any atom is 0.311 e. The number of hydrogen-bond donors (Lipinski definition) is 1. The van der Waals surface area contributed by atoms with Crippen LogP contribution in [0, 0.1) is 6.92 Å². The number of halogens is 1. The average molecular weight is 525 g/mol. The van der Waals surface area contributed by atoms with Gasteiger partial charge in [-0.05, 0) is 49.2 Å². The Hall–Kier alpha value is -2.27. The van der Waals surface area contributed by atoms with Gasteiger partial charge in [-0.15, -0.1) is 0 Å². The van der Waals surface area contributed by atoms with Crippen molar-refractivity contribution in [1.82, 2.24) is 4.31 Å². The minimum atomic E-state index is -3.71. The van der Waals surface area contributed by atoms with Gasteiger partial charge in [-0.3, -0.25) is 9.59 Å². The van der Waals surface area contributed by atoms with Crippen LogP contribution in [-0.2, 0) is 35.5 Å². The lowest BCUT2D eigenvalue weighted by atomic mass is 10.1. The molecule has 1 N–H and O–H groups in total. The van der Waals surface area contributed by atoms with Crippen LogP contribution in [0.3, 0.4) is 0 Å². The Kier molecular flexibility index (Phi) is 8.05. The quantitative estimate of drug-likeness (QED) is 0.558. The van der Waals surface area contributed by atoms with Crippen LogP contribution in [0.1, 0.15) is 18.1 Å². The van der Waals surface area contributed by atoms with Crippen molar-refractivity contribution in [2.24, 2.45) is 0 Å². The Morgan fingerprint density at radius 3 is 2.47 bits per heavy atom. The van der Waals surface area contributed by atoms with Crippen molar-refractivity contribution in [1.29, 1.82) is 0 Å². The van der Waals surface area contributed by atoms with E-state index in [2.05, 4.69) is 21.2 Å². The Bertz CT molecular complexity index is 1080. The SMILES string of the molecule is Cc1ccc(NC(=O)[C@H](C)OC(=O)Cc2ccc(Br)cc2)cc1S(=O)(=O)N1CCOCC1. The molecule has 2 aromatic carbocycles. The maximum absolute atomic E-state index is 13.0. The average Bonchev–Trinajstić information content (AvgIpc) is 2.77. The number of ether oxygens (including phenoxy) is 2. The molecule has 1 aliphatic rings. The van der Waals surface area contributed by atoms with Gasteiger partial charge in [-0.1, -0.05) is 34.1 Å². The normalized spacial score (nSPS) is 15.7. The number of rotatable bonds is 7. The van der Waals surface area contributed by atoms with E-state index in [1.807, 2.05) is 12.1 Å². The molecule has 0 aromatic heterocycles. The molecule has 1 saturated heterocycles. The van der Waals surface area contributed by atoms with Crippen LogP contribution in [0.5, 0.6) is 0 Å². The lowest BCUT2D eigenvalue weighted by Gasteiger charge is -2.27. The zero-order valence-corrected chi connectivity index (χ0v) is 20.2. The molecule has 1 aliphatic heterocycles. The molecule has 0 bridgehead atoms. The van der Waals surface area contributed by atoms with E-state index in [9.17, 15) is 18.0 Å². The van der Waals surface area contributed by atoms with Gasteiger partial charge in [0, 0.05) is 23.2 Å². The van der Waals surface area contributed by atoms with E-state index >= 15 is 0 Å². The van der Waals surface area contributed by atoms with Gasteiger partial charge in [0.15, 0.2) is 6.10 Å². The van der Waals surface area contributed by atoms with Crippen LogP contribution in [0.15, 0.2) is 51.8 Å². The van der Waals surface area contributed by atoms with E-state index < -0.39 is 28.0 Å². The minimum absolute atomic E-state index is 0.0391. The van der Waals surface area contributed by atoms with Crippen LogP contribution in [0.25, 0.3) is 0 Å². The second-order valence-corrected chi connectivity index (χ2v) is 10.2. The highest BCUT2D eigenvalue weighted by molar-refractivity contribution is 9.10. The summed E-state index contributed by atoms with van der Waals surface area (Å²) in [5.74, 6) is -1.08. The summed E-state index contributed by atoms with van der Waals surface area (Å²) in [6.45, 7) is 4.42. The van der Waals surface area contributed by atoms with Crippen LogP contribution >= 0.6 is 15.9 Å². The molecule has 0 spiro atoms. The molecule has 1 atom stereocenters. The Morgan fingerprint density at radius 2 is 1.81 bits per heavy atom. The van der Waals surface area contributed by atoms with Gasteiger partial charge in [0.1, 0.15) is 0 Å². The predicted molar refractivity (Wildman–Crippen MR) is 123 cm³/mol. The summed E-state index contributed by atoms with van der Waals surface area (Å²) in [4.78, 5) is 24.8. The first-order valence-electron chi connectivity index (χ1n) is 10.1. The van der Waals surface area contributed by atoms with Crippen molar-refractivity contribution in [3.05, 3.63) is 58.1 Å². The van der Waals surface area contributed by atoms with Gasteiger partial charge in [0.05, 0.1) is 24.5 Å². The highest BCUT2D eigenvalue weighted by atomic mass is 79.9. The molecule has 10 heteroatoms. The van der Waals surface area contributed by atoms with Crippen LogP contribution in [-0.4, -0.2) is 57.0 Å². The maximum atomic E-state index is 13.0. The second-order valence-electron chi connectivity index (χ2n) is 7.42.